The first-order chi connectivity index (χ1) is 16.1. The van der Waals surface area contributed by atoms with Crippen molar-refractivity contribution in [3.63, 3.8) is 0 Å². The van der Waals surface area contributed by atoms with Gasteiger partial charge in [-0.2, -0.15) is 0 Å². The first kappa shape index (κ1) is 21.3. The largest absolute Gasteiger partial charge is 0.496 e. The van der Waals surface area contributed by atoms with E-state index in [4.69, 9.17) is 9.47 Å². The monoisotopic (exact) mass is 457 g/mol. The number of aromatic nitrogens is 3. The van der Waals surface area contributed by atoms with Crippen molar-refractivity contribution in [3.05, 3.63) is 83.4 Å². The first-order valence-corrected chi connectivity index (χ1v) is 11.7. The molecule has 7 heteroatoms. The minimum atomic E-state index is 0.0481. The van der Waals surface area contributed by atoms with Crippen LogP contribution in [0.3, 0.4) is 0 Å². The normalized spacial score (nSPS) is 12.3. The third kappa shape index (κ3) is 4.24. The molecule has 0 unspecified atom stereocenters. The van der Waals surface area contributed by atoms with Crippen molar-refractivity contribution in [2.45, 2.75) is 18.5 Å². The van der Waals surface area contributed by atoms with Crippen molar-refractivity contribution < 1.29 is 14.3 Å². The second-order valence-electron chi connectivity index (χ2n) is 7.81. The number of benzene rings is 3. The lowest BCUT2D eigenvalue weighted by Crippen LogP contribution is -2.05. The molecule has 2 heterocycles. The molecule has 33 heavy (non-hydrogen) atoms. The highest BCUT2D eigenvalue weighted by Gasteiger charge is 2.21. The van der Waals surface area contributed by atoms with E-state index in [1.165, 1.54) is 11.8 Å². The Bertz CT molecular complexity index is 1310. The number of Topliss-reactive ketones (excluding diaryl/α,β-unsaturated/α-hetero) is 1. The van der Waals surface area contributed by atoms with Crippen LogP contribution in [0.25, 0.3) is 17.1 Å². The van der Waals surface area contributed by atoms with Gasteiger partial charge in [0, 0.05) is 17.7 Å². The van der Waals surface area contributed by atoms with Crippen molar-refractivity contribution in [2.75, 3.05) is 19.5 Å². The molecular weight excluding hydrogens is 434 g/mol. The standard InChI is InChI=1S/C26H23N3O3S/c1-17-7-10-20(11-8-17)29-25(21-5-3-4-6-24(21)31-2)27-28-26(29)33-16-22(30)18-9-12-23-19(15-18)13-14-32-23/h3-12,15H,13-14,16H2,1-2H3. The zero-order chi connectivity index (χ0) is 22.8. The summed E-state index contributed by atoms with van der Waals surface area (Å²) in [5.74, 6) is 2.56. The molecule has 0 fully saturated rings. The van der Waals surface area contributed by atoms with Crippen LogP contribution in [0.2, 0.25) is 0 Å². The molecule has 0 atom stereocenters. The average molecular weight is 458 g/mol. The second kappa shape index (κ2) is 9.11. The molecule has 0 spiro atoms. The van der Waals surface area contributed by atoms with Gasteiger partial charge in [0.15, 0.2) is 16.8 Å². The van der Waals surface area contributed by atoms with Gasteiger partial charge in [-0.15, -0.1) is 10.2 Å². The zero-order valence-electron chi connectivity index (χ0n) is 18.4. The number of rotatable bonds is 7. The first-order valence-electron chi connectivity index (χ1n) is 10.7. The molecule has 0 saturated heterocycles. The number of fused-ring (bicyclic) bond motifs is 1. The highest BCUT2D eigenvalue weighted by atomic mass is 32.2. The number of nitrogens with zero attached hydrogens (tertiary/aromatic N) is 3. The second-order valence-corrected chi connectivity index (χ2v) is 8.75. The molecule has 5 rings (SSSR count). The van der Waals surface area contributed by atoms with E-state index in [1.54, 1.807) is 7.11 Å². The van der Waals surface area contributed by atoms with Crippen molar-refractivity contribution in [1.29, 1.82) is 0 Å². The Balaban J connectivity index is 1.48. The summed E-state index contributed by atoms with van der Waals surface area (Å²) in [5, 5.41) is 9.56. The van der Waals surface area contributed by atoms with E-state index in [2.05, 4.69) is 10.2 Å². The van der Waals surface area contributed by atoms with Crippen LogP contribution in [0, 0.1) is 6.92 Å². The molecular formula is C26H23N3O3S. The van der Waals surface area contributed by atoms with Crippen LogP contribution in [0.4, 0.5) is 0 Å². The highest BCUT2D eigenvalue weighted by Crippen LogP contribution is 2.34. The van der Waals surface area contributed by atoms with Gasteiger partial charge in [-0.05, 0) is 55.0 Å². The molecule has 1 aliphatic rings. The number of ketones is 1. The summed E-state index contributed by atoms with van der Waals surface area (Å²) in [5.41, 5.74) is 4.71. The molecule has 166 valence electrons. The van der Waals surface area contributed by atoms with Gasteiger partial charge in [-0.3, -0.25) is 9.36 Å². The number of hydrogen-bond acceptors (Lipinski definition) is 6. The minimum absolute atomic E-state index is 0.0481. The number of hydrogen-bond donors (Lipinski definition) is 0. The predicted octanol–water partition coefficient (Wildman–Crippen LogP) is 5.16. The highest BCUT2D eigenvalue weighted by molar-refractivity contribution is 7.99. The third-order valence-corrected chi connectivity index (χ3v) is 6.55. The SMILES string of the molecule is COc1ccccc1-c1nnc(SCC(=O)c2ccc3c(c2)CCO3)n1-c1ccc(C)cc1. The van der Waals surface area contributed by atoms with Crippen LogP contribution in [-0.2, 0) is 6.42 Å². The summed E-state index contributed by atoms with van der Waals surface area (Å²) in [6.07, 6.45) is 0.841. The number of thioether (sulfide) groups is 1. The lowest BCUT2D eigenvalue weighted by Gasteiger charge is -2.12. The molecule has 0 N–H and O–H groups in total. The van der Waals surface area contributed by atoms with Gasteiger partial charge < -0.3 is 9.47 Å². The van der Waals surface area contributed by atoms with Gasteiger partial charge >= 0.3 is 0 Å². The Morgan fingerprint density at radius 3 is 2.73 bits per heavy atom. The fourth-order valence-electron chi connectivity index (χ4n) is 3.87. The van der Waals surface area contributed by atoms with Crippen molar-refractivity contribution >= 4 is 17.5 Å². The van der Waals surface area contributed by atoms with Crippen LogP contribution in [-0.4, -0.2) is 40.0 Å². The molecule has 0 amide bonds. The number of carbonyl (C=O) groups excluding carboxylic acids is 1. The Labute approximate surface area is 196 Å². The van der Waals surface area contributed by atoms with E-state index in [9.17, 15) is 4.79 Å². The Morgan fingerprint density at radius 1 is 1.09 bits per heavy atom. The topological polar surface area (TPSA) is 66.2 Å². The quantitative estimate of drug-likeness (QED) is 0.282. The smallest absolute Gasteiger partial charge is 0.196 e. The lowest BCUT2D eigenvalue weighted by molar-refractivity contribution is 0.102. The minimum Gasteiger partial charge on any atom is -0.496 e. The molecule has 4 aromatic rings. The number of methoxy groups -OCH3 is 1. The van der Waals surface area contributed by atoms with Crippen molar-refractivity contribution in [1.82, 2.24) is 14.8 Å². The molecule has 3 aromatic carbocycles. The van der Waals surface area contributed by atoms with E-state index in [1.807, 2.05) is 78.2 Å². The van der Waals surface area contributed by atoms with Gasteiger partial charge in [0.1, 0.15) is 11.5 Å². The molecule has 0 bridgehead atoms. The van der Waals surface area contributed by atoms with Crippen LogP contribution in [0.15, 0.2) is 71.9 Å². The number of aryl methyl sites for hydroxylation is 1. The number of para-hydroxylation sites is 1. The predicted molar refractivity (Wildman–Crippen MR) is 129 cm³/mol. The Morgan fingerprint density at radius 2 is 1.91 bits per heavy atom. The van der Waals surface area contributed by atoms with E-state index >= 15 is 0 Å². The molecule has 6 nitrogen and oxygen atoms in total. The molecule has 0 radical (unpaired) electrons. The molecule has 0 aliphatic carbocycles. The maximum absolute atomic E-state index is 12.9. The number of carbonyl (C=O) groups is 1. The maximum atomic E-state index is 12.9. The van der Waals surface area contributed by atoms with Gasteiger partial charge in [-0.25, -0.2) is 0 Å². The van der Waals surface area contributed by atoms with Crippen molar-refractivity contribution in [2.24, 2.45) is 0 Å². The summed E-state index contributed by atoms with van der Waals surface area (Å²) < 4.78 is 13.1. The summed E-state index contributed by atoms with van der Waals surface area (Å²) in [6, 6.07) is 21.5. The lowest BCUT2D eigenvalue weighted by atomic mass is 10.1. The van der Waals surface area contributed by atoms with Gasteiger partial charge in [0.05, 0.1) is 25.0 Å². The maximum Gasteiger partial charge on any atom is 0.196 e. The molecule has 1 aromatic heterocycles. The summed E-state index contributed by atoms with van der Waals surface area (Å²) in [4.78, 5) is 12.9. The van der Waals surface area contributed by atoms with E-state index in [0.29, 0.717) is 28.9 Å². The zero-order valence-corrected chi connectivity index (χ0v) is 19.3. The van der Waals surface area contributed by atoms with E-state index in [-0.39, 0.29) is 11.5 Å². The van der Waals surface area contributed by atoms with Crippen molar-refractivity contribution in [3.8, 4) is 28.6 Å². The third-order valence-electron chi connectivity index (χ3n) is 5.62. The fourth-order valence-corrected chi connectivity index (χ4v) is 4.71. The van der Waals surface area contributed by atoms with E-state index < -0.39 is 0 Å². The molecule has 1 aliphatic heterocycles. The van der Waals surface area contributed by atoms with Gasteiger partial charge in [-0.1, -0.05) is 41.6 Å². The molecule has 0 saturated carbocycles. The van der Waals surface area contributed by atoms with Crippen LogP contribution in [0.1, 0.15) is 21.5 Å². The summed E-state index contributed by atoms with van der Waals surface area (Å²) >= 11 is 1.38. The van der Waals surface area contributed by atoms with E-state index in [0.717, 1.165) is 34.5 Å². The van der Waals surface area contributed by atoms with Crippen LogP contribution >= 0.6 is 11.8 Å². The van der Waals surface area contributed by atoms with Crippen LogP contribution in [0.5, 0.6) is 11.5 Å². The summed E-state index contributed by atoms with van der Waals surface area (Å²) in [7, 11) is 1.64. The fraction of sp³-hybridized carbons (Fsp3) is 0.192. The van der Waals surface area contributed by atoms with Crippen LogP contribution < -0.4 is 9.47 Å². The average Bonchev–Trinajstić information content (AvgIpc) is 3.49. The Kier molecular flexibility index (Phi) is 5.88. The Hall–Kier alpha value is -3.58. The summed E-state index contributed by atoms with van der Waals surface area (Å²) in [6.45, 7) is 2.72. The van der Waals surface area contributed by atoms with Gasteiger partial charge in [0.25, 0.3) is 0 Å². The van der Waals surface area contributed by atoms with Gasteiger partial charge in [0.2, 0.25) is 0 Å². The number of ether oxygens (including phenoxy) is 2.